The monoisotopic (exact) mass is 421 g/mol. The predicted octanol–water partition coefficient (Wildman–Crippen LogP) is 5.81. The van der Waals surface area contributed by atoms with E-state index in [1.54, 1.807) is 7.11 Å². The fourth-order valence-corrected chi connectivity index (χ4v) is 4.18. The topological polar surface area (TPSA) is 38.2 Å². The molecule has 1 aromatic heterocycles. The average Bonchev–Trinajstić information content (AvgIpc) is 2.78. The molecule has 158 valence electrons. The Morgan fingerprint density at radius 1 is 0.900 bits per heavy atom. The second-order valence-corrected chi connectivity index (χ2v) is 8.74. The number of aryl methyl sites for hydroxylation is 2. The normalized spacial score (nSPS) is 12.2. The molecule has 0 saturated carbocycles. The zero-order chi connectivity index (χ0) is 21.3. The van der Waals surface area contributed by atoms with Crippen LogP contribution in [0.3, 0.4) is 0 Å². The molecule has 0 amide bonds. The SMILES string of the molecule is CCc1ccc(CN(Cc2ccc(OC)cc2)SCC(C)c2ncc(C)cn2)cc1. The summed E-state index contributed by atoms with van der Waals surface area (Å²) in [6.07, 6.45) is 4.86. The zero-order valence-corrected chi connectivity index (χ0v) is 19.2. The molecule has 0 bridgehead atoms. The Kier molecular flexibility index (Phi) is 8.29. The molecule has 0 radical (unpaired) electrons. The molecule has 0 N–H and O–H groups in total. The number of aromatic nitrogens is 2. The van der Waals surface area contributed by atoms with Crippen LogP contribution < -0.4 is 4.74 Å². The first-order valence-corrected chi connectivity index (χ1v) is 11.4. The van der Waals surface area contributed by atoms with Crippen LogP contribution in [0.1, 0.15) is 47.8 Å². The van der Waals surface area contributed by atoms with Crippen molar-refractivity contribution < 1.29 is 4.74 Å². The largest absolute Gasteiger partial charge is 0.497 e. The number of hydrogen-bond acceptors (Lipinski definition) is 5. The van der Waals surface area contributed by atoms with Gasteiger partial charge < -0.3 is 4.74 Å². The third kappa shape index (κ3) is 6.57. The molecule has 0 aliphatic rings. The minimum absolute atomic E-state index is 0.288. The highest BCUT2D eigenvalue weighted by Gasteiger charge is 2.14. The van der Waals surface area contributed by atoms with Crippen molar-refractivity contribution in [2.75, 3.05) is 12.9 Å². The molecule has 0 spiro atoms. The molecule has 5 heteroatoms. The van der Waals surface area contributed by atoms with Crippen molar-refractivity contribution in [1.29, 1.82) is 0 Å². The predicted molar refractivity (Wildman–Crippen MR) is 126 cm³/mol. The van der Waals surface area contributed by atoms with Crippen molar-refractivity contribution in [3.63, 3.8) is 0 Å². The fraction of sp³-hybridized carbons (Fsp3) is 0.360. The van der Waals surface area contributed by atoms with Gasteiger partial charge in [-0.3, -0.25) is 0 Å². The van der Waals surface area contributed by atoms with E-state index >= 15 is 0 Å². The summed E-state index contributed by atoms with van der Waals surface area (Å²) in [6.45, 7) is 8.16. The van der Waals surface area contributed by atoms with Crippen LogP contribution in [0.5, 0.6) is 5.75 Å². The molecule has 2 aromatic carbocycles. The van der Waals surface area contributed by atoms with Crippen molar-refractivity contribution in [3.05, 3.63) is 89.0 Å². The molecule has 3 aromatic rings. The summed E-state index contributed by atoms with van der Waals surface area (Å²) >= 11 is 1.86. The first kappa shape index (κ1) is 22.3. The van der Waals surface area contributed by atoms with Crippen LogP contribution >= 0.6 is 11.9 Å². The Hall–Kier alpha value is -2.37. The Bertz CT molecular complexity index is 846. The van der Waals surface area contributed by atoms with E-state index in [4.69, 9.17) is 4.74 Å². The van der Waals surface area contributed by atoms with Crippen LogP contribution in [0.2, 0.25) is 0 Å². The lowest BCUT2D eigenvalue weighted by atomic mass is 10.1. The van der Waals surface area contributed by atoms with Crippen molar-refractivity contribution in [2.24, 2.45) is 0 Å². The highest BCUT2D eigenvalue weighted by Crippen LogP contribution is 2.25. The van der Waals surface area contributed by atoms with Gasteiger partial charge in [-0.1, -0.05) is 62.2 Å². The van der Waals surface area contributed by atoms with E-state index in [2.05, 4.69) is 64.5 Å². The Morgan fingerprint density at radius 2 is 1.43 bits per heavy atom. The minimum Gasteiger partial charge on any atom is -0.497 e. The number of methoxy groups -OCH3 is 1. The third-order valence-electron chi connectivity index (χ3n) is 5.06. The van der Waals surface area contributed by atoms with Crippen molar-refractivity contribution in [1.82, 2.24) is 14.3 Å². The highest BCUT2D eigenvalue weighted by molar-refractivity contribution is 7.97. The van der Waals surface area contributed by atoms with Crippen LogP contribution in [0.15, 0.2) is 60.9 Å². The zero-order valence-electron chi connectivity index (χ0n) is 18.3. The van der Waals surface area contributed by atoms with E-state index in [1.165, 1.54) is 16.7 Å². The number of ether oxygens (including phenoxy) is 1. The van der Waals surface area contributed by atoms with Gasteiger partial charge in [-0.15, -0.1) is 0 Å². The Morgan fingerprint density at radius 3 is 1.97 bits per heavy atom. The quantitative estimate of drug-likeness (QED) is 0.386. The smallest absolute Gasteiger partial charge is 0.131 e. The first-order chi connectivity index (χ1) is 14.6. The second-order valence-electron chi connectivity index (χ2n) is 7.63. The van der Waals surface area contributed by atoms with Crippen LogP contribution in [0.4, 0.5) is 0 Å². The van der Waals surface area contributed by atoms with Gasteiger partial charge in [0.05, 0.1) is 7.11 Å². The summed E-state index contributed by atoms with van der Waals surface area (Å²) in [6, 6.07) is 17.3. The van der Waals surface area contributed by atoms with Gasteiger partial charge in [0.15, 0.2) is 0 Å². The lowest BCUT2D eigenvalue weighted by Gasteiger charge is -2.23. The molecule has 1 atom stereocenters. The number of nitrogens with zero attached hydrogens (tertiary/aromatic N) is 3. The standard InChI is InChI=1S/C25H31N3OS/c1-5-21-6-8-22(9-7-21)16-28(17-23-10-12-24(29-4)13-11-23)30-18-20(3)25-26-14-19(2)15-27-25/h6-15,20H,5,16-18H2,1-4H3. The maximum absolute atomic E-state index is 5.30. The van der Waals surface area contributed by atoms with Crippen LogP contribution in [0.25, 0.3) is 0 Å². The van der Waals surface area contributed by atoms with Gasteiger partial charge in [-0.05, 0) is 47.7 Å². The second kappa shape index (κ2) is 11.1. The van der Waals surface area contributed by atoms with Crippen molar-refractivity contribution in [3.8, 4) is 5.75 Å². The number of benzene rings is 2. The summed E-state index contributed by atoms with van der Waals surface area (Å²) in [5.74, 6) is 3.02. The summed E-state index contributed by atoms with van der Waals surface area (Å²) < 4.78 is 7.72. The van der Waals surface area contributed by atoms with Gasteiger partial charge in [0.1, 0.15) is 11.6 Å². The molecule has 1 unspecified atom stereocenters. The van der Waals surface area contributed by atoms with Crippen molar-refractivity contribution >= 4 is 11.9 Å². The Labute approximate surface area is 184 Å². The average molecular weight is 422 g/mol. The molecule has 0 saturated heterocycles. The van der Waals surface area contributed by atoms with Gasteiger partial charge >= 0.3 is 0 Å². The van der Waals surface area contributed by atoms with Crippen LogP contribution in [0, 0.1) is 6.92 Å². The minimum atomic E-state index is 0.288. The fourth-order valence-electron chi connectivity index (χ4n) is 3.11. The summed E-state index contributed by atoms with van der Waals surface area (Å²) in [5.41, 5.74) is 5.06. The van der Waals surface area contributed by atoms with Gasteiger partial charge in [0.2, 0.25) is 0 Å². The first-order valence-electron chi connectivity index (χ1n) is 10.4. The molecule has 1 heterocycles. The summed E-state index contributed by atoms with van der Waals surface area (Å²) in [4.78, 5) is 9.01. The molecule has 0 aliphatic heterocycles. The molecule has 30 heavy (non-hydrogen) atoms. The van der Waals surface area contributed by atoms with E-state index in [0.717, 1.165) is 42.4 Å². The van der Waals surface area contributed by atoms with E-state index in [0.29, 0.717) is 0 Å². The maximum atomic E-state index is 5.30. The van der Waals surface area contributed by atoms with E-state index in [-0.39, 0.29) is 5.92 Å². The molecule has 4 nitrogen and oxygen atoms in total. The molecule has 0 fully saturated rings. The summed E-state index contributed by atoms with van der Waals surface area (Å²) in [7, 11) is 1.70. The van der Waals surface area contributed by atoms with Gasteiger partial charge in [0, 0.05) is 37.2 Å². The highest BCUT2D eigenvalue weighted by atomic mass is 32.2. The molecule has 3 rings (SSSR count). The molecular formula is C25H31N3OS. The number of rotatable bonds is 10. The van der Waals surface area contributed by atoms with Gasteiger partial charge in [-0.2, -0.15) is 0 Å². The van der Waals surface area contributed by atoms with Crippen LogP contribution in [-0.4, -0.2) is 27.1 Å². The van der Waals surface area contributed by atoms with Crippen molar-refractivity contribution in [2.45, 2.75) is 46.2 Å². The van der Waals surface area contributed by atoms with E-state index < -0.39 is 0 Å². The van der Waals surface area contributed by atoms with Gasteiger partial charge in [-0.25, -0.2) is 14.3 Å². The maximum Gasteiger partial charge on any atom is 0.131 e. The van der Waals surface area contributed by atoms with Gasteiger partial charge in [0.25, 0.3) is 0 Å². The van der Waals surface area contributed by atoms with E-state index in [9.17, 15) is 0 Å². The van der Waals surface area contributed by atoms with Crippen LogP contribution in [-0.2, 0) is 19.5 Å². The third-order valence-corrected chi connectivity index (χ3v) is 6.33. The lowest BCUT2D eigenvalue weighted by molar-refractivity contribution is 0.414. The van der Waals surface area contributed by atoms with E-state index in [1.807, 2.05) is 43.4 Å². The number of hydrogen-bond donors (Lipinski definition) is 0. The molecule has 0 aliphatic carbocycles. The lowest BCUT2D eigenvalue weighted by Crippen LogP contribution is -2.17. The Balaban J connectivity index is 1.68. The summed E-state index contributed by atoms with van der Waals surface area (Å²) in [5, 5.41) is 0. The molecular weight excluding hydrogens is 390 g/mol.